The van der Waals surface area contributed by atoms with E-state index in [0.717, 1.165) is 5.56 Å². The van der Waals surface area contributed by atoms with Crippen molar-refractivity contribution >= 4 is 5.69 Å². The van der Waals surface area contributed by atoms with Gasteiger partial charge in [-0.05, 0) is 24.6 Å². The van der Waals surface area contributed by atoms with Gasteiger partial charge in [-0.3, -0.25) is 0 Å². The summed E-state index contributed by atoms with van der Waals surface area (Å²) in [7, 11) is 0. The van der Waals surface area contributed by atoms with Crippen LogP contribution >= 0.6 is 0 Å². The number of hydrogen-bond acceptors (Lipinski definition) is 3. The lowest BCUT2D eigenvalue weighted by Crippen LogP contribution is -1.91. The van der Waals surface area contributed by atoms with E-state index in [1.54, 1.807) is 19.1 Å². The minimum Gasteiger partial charge on any atom is -0.506 e. The van der Waals surface area contributed by atoms with Gasteiger partial charge in [-0.15, -0.1) is 0 Å². The van der Waals surface area contributed by atoms with Crippen molar-refractivity contribution in [2.45, 2.75) is 12.8 Å². The zero-order chi connectivity index (χ0) is 9.14. The average molecular weight is 162 g/mol. The zero-order valence-electron chi connectivity index (χ0n) is 6.78. The van der Waals surface area contributed by atoms with Crippen molar-refractivity contribution in [2.24, 2.45) is 0 Å². The fraction of sp³-hybridized carbons (Fsp3) is 0.222. The highest BCUT2D eigenvalue weighted by atomic mass is 16.3. The van der Waals surface area contributed by atoms with Crippen LogP contribution in [0.15, 0.2) is 18.2 Å². The van der Waals surface area contributed by atoms with Gasteiger partial charge in [0.05, 0.1) is 17.7 Å². The molecular weight excluding hydrogens is 152 g/mol. The summed E-state index contributed by atoms with van der Waals surface area (Å²) in [5, 5.41) is 17.8. The van der Waals surface area contributed by atoms with Crippen LogP contribution in [0.4, 0.5) is 5.69 Å². The molecule has 3 nitrogen and oxygen atoms in total. The second kappa shape index (κ2) is 3.14. The van der Waals surface area contributed by atoms with Crippen LogP contribution in [-0.2, 0) is 0 Å². The van der Waals surface area contributed by atoms with Crippen LogP contribution in [0.3, 0.4) is 0 Å². The second-order valence-corrected chi connectivity index (χ2v) is 2.67. The molecule has 0 saturated heterocycles. The van der Waals surface area contributed by atoms with Gasteiger partial charge >= 0.3 is 0 Å². The summed E-state index contributed by atoms with van der Waals surface area (Å²) in [5.74, 6) is -0.175. The smallest absolute Gasteiger partial charge is 0.138 e. The molecule has 0 amide bonds. The molecule has 0 aliphatic carbocycles. The third kappa shape index (κ3) is 1.48. The Bertz CT molecular complexity index is 328. The lowest BCUT2D eigenvalue weighted by molar-refractivity contribution is 0.477. The Kier molecular flexibility index (Phi) is 2.20. The number of nitriles is 1. The molecule has 3 N–H and O–H groups in total. The van der Waals surface area contributed by atoms with Gasteiger partial charge in [0.15, 0.2) is 0 Å². The molecule has 0 aliphatic rings. The van der Waals surface area contributed by atoms with Crippen LogP contribution in [-0.4, -0.2) is 5.11 Å². The second-order valence-electron chi connectivity index (χ2n) is 2.67. The molecule has 3 heteroatoms. The van der Waals surface area contributed by atoms with Crippen LogP contribution in [0.1, 0.15) is 18.4 Å². The molecule has 0 radical (unpaired) electrons. The molecule has 0 fully saturated rings. The summed E-state index contributed by atoms with van der Waals surface area (Å²) in [5.41, 5.74) is 6.52. The number of benzene rings is 1. The highest BCUT2D eigenvalue weighted by Gasteiger charge is 2.05. The average Bonchev–Trinajstić information content (AvgIpc) is 2.08. The van der Waals surface area contributed by atoms with Crippen LogP contribution in [0.2, 0.25) is 0 Å². The lowest BCUT2D eigenvalue weighted by Gasteiger charge is -2.04. The van der Waals surface area contributed by atoms with Crippen LogP contribution < -0.4 is 5.73 Å². The number of hydrogen-bond donors (Lipinski definition) is 2. The Hall–Kier alpha value is -1.69. The first-order chi connectivity index (χ1) is 5.65. The Labute approximate surface area is 71.1 Å². The molecule has 1 atom stereocenters. The predicted molar refractivity (Wildman–Crippen MR) is 46.5 cm³/mol. The van der Waals surface area contributed by atoms with Crippen LogP contribution in [0.5, 0.6) is 5.75 Å². The van der Waals surface area contributed by atoms with Crippen molar-refractivity contribution in [3.8, 4) is 11.8 Å². The van der Waals surface area contributed by atoms with Crippen LogP contribution in [0.25, 0.3) is 0 Å². The van der Waals surface area contributed by atoms with Gasteiger partial charge in [-0.1, -0.05) is 6.07 Å². The molecule has 12 heavy (non-hydrogen) atoms. The van der Waals surface area contributed by atoms with E-state index in [4.69, 9.17) is 11.0 Å². The lowest BCUT2D eigenvalue weighted by atomic mass is 10.0. The van der Waals surface area contributed by atoms with E-state index in [1.807, 2.05) is 0 Å². The molecule has 1 rings (SSSR count). The van der Waals surface area contributed by atoms with Crippen molar-refractivity contribution in [1.82, 2.24) is 0 Å². The number of rotatable bonds is 1. The maximum Gasteiger partial charge on any atom is 0.138 e. The topological polar surface area (TPSA) is 70.0 Å². The fourth-order valence-corrected chi connectivity index (χ4v) is 0.905. The monoisotopic (exact) mass is 162 g/mol. The van der Waals surface area contributed by atoms with Gasteiger partial charge in [0.1, 0.15) is 5.75 Å². The van der Waals surface area contributed by atoms with Gasteiger partial charge in [0, 0.05) is 0 Å². The minimum atomic E-state index is -0.212. The number of aromatic hydroxyl groups is 1. The zero-order valence-corrected chi connectivity index (χ0v) is 6.78. The molecule has 1 unspecified atom stereocenters. The van der Waals surface area contributed by atoms with Gasteiger partial charge in [0.25, 0.3) is 0 Å². The Balaban J connectivity index is 3.06. The largest absolute Gasteiger partial charge is 0.506 e. The van der Waals surface area contributed by atoms with Crippen molar-refractivity contribution in [3.63, 3.8) is 0 Å². The summed E-state index contributed by atoms with van der Waals surface area (Å²) in [6.45, 7) is 1.77. The quantitative estimate of drug-likeness (QED) is 0.486. The Morgan fingerprint density at radius 3 is 2.75 bits per heavy atom. The van der Waals surface area contributed by atoms with E-state index in [0.29, 0.717) is 5.69 Å². The molecule has 1 aromatic rings. The SMILES string of the molecule is CC(C#N)c1ccc(N)c(O)c1. The fourth-order valence-electron chi connectivity index (χ4n) is 0.905. The molecule has 0 aliphatic heterocycles. The van der Waals surface area contributed by atoms with E-state index >= 15 is 0 Å². The summed E-state index contributed by atoms with van der Waals surface area (Å²) < 4.78 is 0. The standard InChI is InChI=1S/C9H10N2O/c1-6(5-10)7-2-3-8(11)9(12)4-7/h2-4,6,12H,11H2,1H3. The summed E-state index contributed by atoms with van der Waals surface area (Å²) in [6, 6.07) is 6.93. The molecule has 0 saturated carbocycles. The third-order valence-corrected chi connectivity index (χ3v) is 1.75. The molecule has 62 valence electrons. The number of anilines is 1. The Morgan fingerprint density at radius 1 is 1.58 bits per heavy atom. The predicted octanol–water partition coefficient (Wildman–Crippen LogP) is 1.60. The van der Waals surface area contributed by atoms with Gasteiger partial charge in [-0.2, -0.15) is 5.26 Å². The van der Waals surface area contributed by atoms with Crippen molar-refractivity contribution in [1.29, 1.82) is 5.26 Å². The highest BCUT2D eigenvalue weighted by molar-refractivity contribution is 5.53. The summed E-state index contributed by atoms with van der Waals surface area (Å²) in [6.07, 6.45) is 0. The minimum absolute atomic E-state index is 0.0367. The maximum atomic E-state index is 9.21. The maximum absolute atomic E-state index is 9.21. The first-order valence-electron chi connectivity index (χ1n) is 3.63. The van der Waals surface area contributed by atoms with Crippen LogP contribution in [0, 0.1) is 11.3 Å². The van der Waals surface area contributed by atoms with Gasteiger partial charge in [0.2, 0.25) is 0 Å². The van der Waals surface area contributed by atoms with E-state index in [1.165, 1.54) is 6.07 Å². The first kappa shape index (κ1) is 8.41. The summed E-state index contributed by atoms with van der Waals surface area (Å²) in [4.78, 5) is 0. The molecular formula is C9H10N2O. The molecule has 0 heterocycles. The summed E-state index contributed by atoms with van der Waals surface area (Å²) >= 11 is 0. The number of nitrogen functional groups attached to an aromatic ring is 1. The number of phenols is 1. The molecule has 1 aromatic carbocycles. The molecule has 0 spiro atoms. The van der Waals surface area contributed by atoms with E-state index in [-0.39, 0.29) is 11.7 Å². The first-order valence-corrected chi connectivity index (χ1v) is 3.63. The Morgan fingerprint density at radius 2 is 2.25 bits per heavy atom. The number of nitrogens with zero attached hydrogens (tertiary/aromatic N) is 1. The molecule has 0 aromatic heterocycles. The number of nitrogens with two attached hydrogens (primary N) is 1. The van der Waals surface area contributed by atoms with Gasteiger partial charge in [-0.25, -0.2) is 0 Å². The van der Waals surface area contributed by atoms with E-state index in [2.05, 4.69) is 6.07 Å². The number of phenolic OH excluding ortho intramolecular Hbond substituents is 1. The highest BCUT2D eigenvalue weighted by Crippen LogP contribution is 2.24. The van der Waals surface area contributed by atoms with E-state index < -0.39 is 0 Å². The van der Waals surface area contributed by atoms with Crippen molar-refractivity contribution in [3.05, 3.63) is 23.8 Å². The van der Waals surface area contributed by atoms with E-state index in [9.17, 15) is 5.11 Å². The van der Waals surface area contributed by atoms with Gasteiger partial charge < -0.3 is 10.8 Å². The molecule has 0 bridgehead atoms. The third-order valence-electron chi connectivity index (χ3n) is 1.75. The van der Waals surface area contributed by atoms with Crippen molar-refractivity contribution < 1.29 is 5.11 Å². The van der Waals surface area contributed by atoms with Crippen molar-refractivity contribution in [2.75, 3.05) is 5.73 Å². The normalized spacial score (nSPS) is 12.0.